The monoisotopic (exact) mass is 300 g/mol. The molecule has 0 radical (unpaired) electrons. The molecular formula is C14H22F2N4O. The summed E-state index contributed by atoms with van der Waals surface area (Å²) in [6.45, 7) is 4.93. The van der Waals surface area contributed by atoms with Crippen LogP contribution in [-0.4, -0.2) is 37.6 Å². The first-order valence-electron chi connectivity index (χ1n) is 7.07. The highest BCUT2D eigenvalue weighted by molar-refractivity contribution is 5.80. The lowest BCUT2D eigenvalue weighted by atomic mass is 10.3. The quantitative estimate of drug-likeness (QED) is 0.772. The number of carbonyl (C=O) groups is 1. The molecule has 0 aliphatic heterocycles. The Morgan fingerprint density at radius 3 is 2.52 bits per heavy atom. The third kappa shape index (κ3) is 5.17. The number of aromatic nitrogens is 1. The second-order valence-corrected chi connectivity index (χ2v) is 4.76. The number of amides is 1. The molecule has 118 valence electrons. The van der Waals surface area contributed by atoms with E-state index in [1.807, 2.05) is 13.8 Å². The Balaban J connectivity index is 2.82. The second-order valence-electron chi connectivity index (χ2n) is 4.76. The third-order valence-corrected chi connectivity index (χ3v) is 2.77. The van der Waals surface area contributed by atoms with Crippen molar-refractivity contribution in [3.63, 3.8) is 0 Å². The van der Waals surface area contributed by atoms with Crippen LogP contribution in [0.15, 0.2) is 6.07 Å². The molecule has 0 saturated heterocycles. The number of halogens is 2. The van der Waals surface area contributed by atoms with E-state index in [4.69, 9.17) is 0 Å². The first-order chi connectivity index (χ1) is 9.99. The van der Waals surface area contributed by atoms with Gasteiger partial charge in [-0.15, -0.1) is 0 Å². The van der Waals surface area contributed by atoms with E-state index < -0.39 is 11.6 Å². The molecule has 7 heteroatoms. The predicted octanol–water partition coefficient (Wildman–Crippen LogP) is 2.14. The van der Waals surface area contributed by atoms with Gasteiger partial charge in [0.2, 0.25) is 5.91 Å². The van der Waals surface area contributed by atoms with Crippen LogP contribution in [0.2, 0.25) is 0 Å². The zero-order valence-electron chi connectivity index (χ0n) is 12.7. The lowest BCUT2D eigenvalue weighted by Crippen LogP contribution is -2.36. The van der Waals surface area contributed by atoms with Crippen LogP contribution < -0.4 is 15.5 Å². The number of anilines is 2. The van der Waals surface area contributed by atoms with Crippen molar-refractivity contribution in [3.05, 3.63) is 17.7 Å². The van der Waals surface area contributed by atoms with E-state index in [1.165, 1.54) is 4.90 Å². The molecule has 0 aromatic carbocycles. The zero-order chi connectivity index (χ0) is 15.8. The molecule has 1 heterocycles. The van der Waals surface area contributed by atoms with Gasteiger partial charge in [-0.05, 0) is 12.8 Å². The molecule has 21 heavy (non-hydrogen) atoms. The SMILES string of the molecule is CCCNC(=O)CN(C)c1nc(NCCC)c(F)cc1F. The van der Waals surface area contributed by atoms with Crippen LogP contribution in [0.3, 0.4) is 0 Å². The Kier molecular flexibility index (Phi) is 6.84. The minimum absolute atomic E-state index is 0.00549. The Hall–Kier alpha value is -1.92. The molecule has 0 aliphatic carbocycles. The van der Waals surface area contributed by atoms with Crippen molar-refractivity contribution in [2.75, 3.05) is 36.9 Å². The number of likely N-dealkylation sites (N-methyl/N-ethyl adjacent to an activating group) is 1. The molecule has 1 aromatic heterocycles. The highest BCUT2D eigenvalue weighted by Crippen LogP contribution is 2.21. The fraction of sp³-hybridized carbons (Fsp3) is 0.571. The van der Waals surface area contributed by atoms with Crippen LogP contribution >= 0.6 is 0 Å². The lowest BCUT2D eigenvalue weighted by Gasteiger charge is -2.19. The number of hydrogen-bond donors (Lipinski definition) is 2. The number of hydrogen-bond acceptors (Lipinski definition) is 4. The van der Waals surface area contributed by atoms with Gasteiger partial charge in [-0.3, -0.25) is 4.79 Å². The van der Waals surface area contributed by atoms with Crippen molar-refractivity contribution in [3.8, 4) is 0 Å². The average Bonchev–Trinajstić information content (AvgIpc) is 2.44. The smallest absolute Gasteiger partial charge is 0.239 e. The van der Waals surface area contributed by atoms with Gasteiger partial charge in [0.25, 0.3) is 0 Å². The molecule has 0 bridgehead atoms. The van der Waals surface area contributed by atoms with E-state index in [2.05, 4.69) is 15.6 Å². The van der Waals surface area contributed by atoms with Gasteiger partial charge in [0.1, 0.15) is 0 Å². The Morgan fingerprint density at radius 1 is 1.24 bits per heavy atom. The highest BCUT2D eigenvalue weighted by Gasteiger charge is 2.16. The van der Waals surface area contributed by atoms with Gasteiger partial charge in [0, 0.05) is 26.2 Å². The van der Waals surface area contributed by atoms with Gasteiger partial charge < -0.3 is 15.5 Å². The molecular weight excluding hydrogens is 278 g/mol. The first kappa shape index (κ1) is 17.1. The largest absolute Gasteiger partial charge is 0.368 e. The average molecular weight is 300 g/mol. The van der Waals surface area contributed by atoms with E-state index in [1.54, 1.807) is 7.05 Å². The molecule has 1 aromatic rings. The molecule has 0 atom stereocenters. The standard InChI is InChI=1S/C14H22F2N4O/c1-4-6-17-12(21)9-20(3)14-11(16)8-10(15)13(19-14)18-7-5-2/h8H,4-7,9H2,1-3H3,(H,17,21)(H,18,19). The first-order valence-corrected chi connectivity index (χ1v) is 7.07. The topological polar surface area (TPSA) is 57.3 Å². The number of pyridine rings is 1. The summed E-state index contributed by atoms with van der Waals surface area (Å²) in [5.74, 6) is -1.82. The van der Waals surface area contributed by atoms with E-state index in [0.717, 1.165) is 18.9 Å². The normalized spacial score (nSPS) is 10.3. The maximum Gasteiger partial charge on any atom is 0.239 e. The third-order valence-electron chi connectivity index (χ3n) is 2.77. The van der Waals surface area contributed by atoms with Crippen molar-refractivity contribution in [2.24, 2.45) is 0 Å². The van der Waals surface area contributed by atoms with Crippen molar-refractivity contribution in [1.82, 2.24) is 10.3 Å². The van der Waals surface area contributed by atoms with Crippen LogP contribution in [0.1, 0.15) is 26.7 Å². The Bertz CT molecular complexity index is 482. The fourth-order valence-corrected chi connectivity index (χ4v) is 1.70. The molecule has 0 aliphatic rings. The summed E-state index contributed by atoms with van der Waals surface area (Å²) in [6, 6.07) is 0.779. The van der Waals surface area contributed by atoms with E-state index in [-0.39, 0.29) is 24.1 Å². The van der Waals surface area contributed by atoms with Gasteiger partial charge in [-0.25, -0.2) is 13.8 Å². The van der Waals surface area contributed by atoms with Gasteiger partial charge in [-0.2, -0.15) is 0 Å². The minimum Gasteiger partial charge on any atom is -0.368 e. The lowest BCUT2D eigenvalue weighted by molar-refractivity contribution is -0.119. The predicted molar refractivity (Wildman–Crippen MR) is 79.5 cm³/mol. The molecule has 5 nitrogen and oxygen atoms in total. The summed E-state index contributed by atoms with van der Waals surface area (Å²) in [6.07, 6.45) is 1.62. The van der Waals surface area contributed by atoms with Gasteiger partial charge >= 0.3 is 0 Å². The summed E-state index contributed by atoms with van der Waals surface area (Å²) in [5, 5.41) is 5.48. The molecule has 0 unspecified atom stereocenters. The van der Waals surface area contributed by atoms with Crippen LogP contribution in [0.4, 0.5) is 20.4 Å². The highest BCUT2D eigenvalue weighted by atomic mass is 19.1. The summed E-state index contributed by atoms with van der Waals surface area (Å²) >= 11 is 0. The molecule has 1 rings (SSSR count). The Labute approximate surface area is 123 Å². The van der Waals surface area contributed by atoms with Gasteiger partial charge in [0.15, 0.2) is 23.3 Å². The maximum atomic E-state index is 13.8. The van der Waals surface area contributed by atoms with Crippen LogP contribution in [0, 0.1) is 11.6 Å². The van der Waals surface area contributed by atoms with Gasteiger partial charge in [0.05, 0.1) is 6.54 Å². The molecule has 0 fully saturated rings. The fourth-order valence-electron chi connectivity index (χ4n) is 1.70. The van der Waals surface area contributed by atoms with Crippen molar-refractivity contribution >= 4 is 17.5 Å². The minimum atomic E-state index is -0.791. The van der Waals surface area contributed by atoms with Crippen molar-refractivity contribution < 1.29 is 13.6 Å². The second kappa shape index (κ2) is 8.39. The number of nitrogens with zero attached hydrogens (tertiary/aromatic N) is 2. The summed E-state index contributed by atoms with van der Waals surface area (Å²) < 4.78 is 27.4. The maximum absolute atomic E-state index is 13.8. The molecule has 0 saturated carbocycles. The summed E-state index contributed by atoms with van der Waals surface area (Å²) in [7, 11) is 1.54. The number of nitrogens with one attached hydrogen (secondary N) is 2. The van der Waals surface area contributed by atoms with E-state index in [0.29, 0.717) is 13.1 Å². The number of rotatable bonds is 8. The molecule has 1 amide bonds. The summed E-state index contributed by atoms with van der Waals surface area (Å²) in [4.78, 5) is 16.9. The zero-order valence-corrected chi connectivity index (χ0v) is 12.7. The van der Waals surface area contributed by atoms with Crippen LogP contribution in [-0.2, 0) is 4.79 Å². The van der Waals surface area contributed by atoms with Crippen LogP contribution in [0.5, 0.6) is 0 Å². The van der Waals surface area contributed by atoms with E-state index in [9.17, 15) is 13.6 Å². The molecule has 0 spiro atoms. The summed E-state index contributed by atoms with van der Waals surface area (Å²) in [5.41, 5.74) is 0. The van der Waals surface area contributed by atoms with Crippen molar-refractivity contribution in [2.45, 2.75) is 26.7 Å². The van der Waals surface area contributed by atoms with Gasteiger partial charge in [-0.1, -0.05) is 13.8 Å². The van der Waals surface area contributed by atoms with Crippen LogP contribution in [0.25, 0.3) is 0 Å². The molecule has 2 N–H and O–H groups in total. The van der Waals surface area contributed by atoms with E-state index >= 15 is 0 Å². The Morgan fingerprint density at radius 2 is 1.90 bits per heavy atom. The van der Waals surface area contributed by atoms with Crippen molar-refractivity contribution in [1.29, 1.82) is 0 Å². The number of carbonyl (C=O) groups excluding carboxylic acids is 1.